The summed E-state index contributed by atoms with van der Waals surface area (Å²) in [7, 11) is -3.56. The Morgan fingerprint density at radius 1 is 1.23 bits per heavy atom. The zero-order valence-electron chi connectivity index (χ0n) is 12.6. The highest BCUT2D eigenvalue weighted by molar-refractivity contribution is 7.89. The van der Waals surface area contributed by atoms with E-state index in [1.165, 1.54) is 6.20 Å². The van der Waals surface area contributed by atoms with Crippen LogP contribution in [0.15, 0.2) is 17.3 Å². The van der Waals surface area contributed by atoms with E-state index in [9.17, 15) is 8.42 Å². The van der Waals surface area contributed by atoms with Gasteiger partial charge in [0.05, 0.1) is 12.2 Å². The zero-order valence-corrected chi connectivity index (χ0v) is 13.5. The third-order valence-electron chi connectivity index (χ3n) is 4.58. The second-order valence-corrected chi connectivity index (χ2v) is 7.89. The fourth-order valence-electron chi connectivity index (χ4n) is 3.18. The summed E-state index contributed by atoms with van der Waals surface area (Å²) in [4.78, 5) is 0.219. The van der Waals surface area contributed by atoms with Gasteiger partial charge in [-0.3, -0.25) is 4.68 Å². The van der Waals surface area contributed by atoms with Crippen molar-refractivity contribution in [2.75, 3.05) is 13.2 Å². The Balaban J connectivity index is 1.70. The molecule has 7 nitrogen and oxygen atoms in total. The Labute approximate surface area is 131 Å². The van der Waals surface area contributed by atoms with Crippen LogP contribution in [0.25, 0.3) is 0 Å². The lowest BCUT2D eigenvalue weighted by atomic mass is 9.92. The highest BCUT2D eigenvalue weighted by Gasteiger charge is 2.28. The molecule has 8 heteroatoms. The topological polar surface area (TPSA) is 99.2 Å². The number of aromatic nitrogens is 2. The molecule has 1 aliphatic heterocycles. The van der Waals surface area contributed by atoms with Gasteiger partial charge in [-0.1, -0.05) is 12.8 Å². The van der Waals surface area contributed by atoms with Crippen molar-refractivity contribution in [1.82, 2.24) is 14.5 Å². The largest absolute Gasteiger partial charge is 0.381 e. The maximum atomic E-state index is 12.5. The van der Waals surface area contributed by atoms with Crippen molar-refractivity contribution >= 4 is 10.0 Å². The third-order valence-corrected chi connectivity index (χ3v) is 6.02. The van der Waals surface area contributed by atoms with Gasteiger partial charge in [0.15, 0.2) is 0 Å². The van der Waals surface area contributed by atoms with E-state index in [0.717, 1.165) is 38.5 Å². The standard InChI is InChI=1S/C14H24N4O3S/c15-13-3-1-2-4-14(13)17-22(19,20)12-9-16-18(10-12)11-5-7-21-8-6-11/h9-11,13-14,17H,1-8,15H2/t13-,14-/m1/s1. The SMILES string of the molecule is N[C@@H]1CCCC[C@H]1NS(=O)(=O)c1cnn(C2CCOCC2)c1. The molecule has 3 rings (SSSR count). The lowest BCUT2D eigenvalue weighted by Crippen LogP contribution is -2.49. The third kappa shape index (κ3) is 3.51. The predicted molar refractivity (Wildman–Crippen MR) is 81.9 cm³/mol. The fraction of sp³-hybridized carbons (Fsp3) is 0.786. The van der Waals surface area contributed by atoms with Gasteiger partial charge < -0.3 is 10.5 Å². The van der Waals surface area contributed by atoms with Crippen molar-refractivity contribution in [2.45, 2.75) is 61.5 Å². The summed E-state index contributed by atoms with van der Waals surface area (Å²) in [6.07, 6.45) is 8.52. The van der Waals surface area contributed by atoms with Crippen LogP contribution in [0.4, 0.5) is 0 Å². The van der Waals surface area contributed by atoms with Crippen LogP contribution in [-0.2, 0) is 14.8 Å². The van der Waals surface area contributed by atoms with Crippen molar-refractivity contribution in [3.63, 3.8) is 0 Å². The first-order valence-corrected chi connectivity index (χ1v) is 9.44. The van der Waals surface area contributed by atoms with Crippen molar-refractivity contribution in [3.05, 3.63) is 12.4 Å². The predicted octanol–water partition coefficient (Wildman–Crippen LogP) is 0.783. The summed E-state index contributed by atoms with van der Waals surface area (Å²) in [5.41, 5.74) is 6.02. The molecule has 0 bridgehead atoms. The first-order valence-electron chi connectivity index (χ1n) is 7.96. The van der Waals surface area contributed by atoms with Gasteiger partial charge in [0.25, 0.3) is 0 Å². The van der Waals surface area contributed by atoms with Crippen LogP contribution < -0.4 is 10.5 Å². The molecule has 1 aromatic heterocycles. The first-order chi connectivity index (χ1) is 10.6. The van der Waals surface area contributed by atoms with E-state index >= 15 is 0 Å². The molecule has 2 fully saturated rings. The van der Waals surface area contributed by atoms with Gasteiger partial charge in [-0.2, -0.15) is 5.10 Å². The van der Waals surface area contributed by atoms with Crippen LogP contribution >= 0.6 is 0 Å². The molecular formula is C14H24N4O3S. The van der Waals surface area contributed by atoms with Crippen LogP contribution in [-0.4, -0.2) is 43.5 Å². The molecule has 0 spiro atoms. The summed E-state index contributed by atoms with van der Waals surface area (Å²) in [5, 5.41) is 4.23. The quantitative estimate of drug-likeness (QED) is 0.851. The van der Waals surface area contributed by atoms with Gasteiger partial charge in [-0.25, -0.2) is 13.1 Å². The van der Waals surface area contributed by atoms with E-state index in [1.807, 2.05) is 0 Å². The van der Waals surface area contributed by atoms with Gasteiger partial charge in [0.1, 0.15) is 4.90 Å². The summed E-state index contributed by atoms with van der Waals surface area (Å²) >= 11 is 0. The summed E-state index contributed by atoms with van der Waals surface area (Å²) in [6, 6.07) is -0.0612. The van der Waals surface area contributed by atoms with Gasteiger partial charge in [0, 0.05) is 31.5 Å². The van der Waals surface area contributed by atoms with Crippen LogP contribution in [0.3, 0.4) is 0 Å². The van der Waals surface area contributed by atoms with E-state index in [1.54, 1.807) is 10.9 Å². The highest BCUT2D eigenvalue weighted by Crippen LogP contribution is 2.23. The van der Waals surface area contributed by atoms with E-state index in [4.69, 9.17) is 10.5 Å². The number of hydrogen-bond donors (Lipinski definition) is 2. The average Bonchev–Trinajstić information content (AvgIpc) is 3.01. The van der Waals surface area contributed by atoms with Gasteiger partial charge >= 0.3 is 0 Å². The normalized spacial score (nSPS) is 27.9. The van der Waals surface area contributed by atoms with Gasteiger partial charge in [-0.05, 0) is 25.7 Å². The second-order valence-electron chi connectivity index (χ2n) is 6.18. The minimum absolute atomic E-state index is 0.103. The van der Waals surface area contributed by atoms with E-state index < -0.39 is 10.0 Å². The van der Waals surface area contributed by atoms with E-state index in [-0.39, 0.29) is 23.0 Å². The van der Waals surface area contributed by atoms with Gasteiger partial charge in [-0.15, -0.1) is 0 Å². The maximum Gasteiger partial charge on any atom is 0.243 e. The van der Waals surface area contributed by atoms with Gasteiger partial charge in [0.2, 0.25) is 10.0 Å². The Bertz CT molecular complexity index is 595. The molecule has 1 saturated carbocycles. The first kappa shape index (κ1) is 15.9. The minimum Gasteiger partial charge on any atom is -0.381 e. The molecule has 1 saturated heterocycles. The van der Waals surface area contributed by atoms with Crippen molar-refractivity contribution < 1.29 is 13.2 Å². The maximum absolute atomic E-state index is 12.5. The smallest absolute Gasteiger partial charge is 0.243 e. The summed E-state index contributed by atoms with van der Waals surface area (Å²) in [6.45, 7) is 1.39. The molecule has 1 aromatic rings. The van der Waals surface area contributed by atoms with Crippen LogP contribution in [0, 0.1) is 0 Å². The molecule has 0 unspecified atom stereocenters. The summed E-state index contributed by atoms with van der Waals surface area (Å²) < 4.78 is 34.8. The lowest BCUT2D eigenvalue weighted by molar-refractivity contribution is 0.0662. The number of rotatable bonds is 4. The molecule has 124 valence electrons. The Morgan fingerprint density at radius 3 is 2.68 bits per heavy atom. The average molecular weight is 328 g/mol. The molecule has 0 aromatic carbocycles. The van der Waals surface area contributed by atoms with Crippen molar-refractivity contribution in [2.24, 2.45) is 5.73 Å². The number of ether oxygens (including phenoxy) is 1. The van der Waals surface area contributed by atoms with Crippen molar-refractivity contribution in [1.29, 1.82) is 0 Å². The van der Waals surface area contributed by atoms with E-state index in [2.05, 4.69) is 9.82 Å². The number of nitrogens with zero attached hydrogens (tertiary/aromatic N) is 2. The van der Waals surface area contributed by atoms with Crippen LogP contribution in [0.1, 0.15) is 44.6 Å². The molecule has 2 atom stereocenters. The fourth-order valence-corrected chi connectivity index (χ4v) is 4.44. The molecule has 3 N–H and O–H groups in total. The highest BCUT2D eigenvalue weighted by atomic mass is 32.2. The monoisotopic (exact) mass is 328 g/mol. The number of sulfonamides is 1. The molecule has 2 heterocycles. The zero-order chi connectivity index (χ0) is 15.6. The lowest BCUT2D eigenvalue weighted by Gasteiger charge is -2.28. The number of nitrogens with two attached hydrogens (primary N) is 1. The van der Waals surface area contributed by atoms with Crippen molar-refractivity contribution in [3.8, 4) is 0 Å². The Kier molecular flexibility index (Phi) is 4.82. The Morgan fingerprint density at radius 2 is 1.95 bits per heavy atom. The molecule has 0 radical (unpaired) electrons. The molecule has 1 aliphatic carbocycles. The second kappa shape index (κ2) is 6.66. The molecule has 2 aliphatic rings. The number of nitrogens with one attached hydrogen (secondary N) is 1. The molecule has 0 amide bonds. The van der Waals surface area contributed by atoms with Crippen LogP contribution in [0.2, 0.25) is 0 Å². The molecular weight excluding hydrogens is 304 g/mol. The molecule has 22 heavy (non-hydrogen) atoms. The Hall–Kier alpha value is -0.960. The van der Waals surface area contributed by atoms with Crippen LogP contribution in [0.5, 0.6) is 0 Å². The van der Waals surface area contributed by atoms with E-state index in [0.29, 0.717) is 13.2 Å². The number of hydrogen-bond acceptors (Lipinski definition) is 5. The summed E-state index contributed by atoms with van der Waals surface area (Å²) in [5.74, 6) is 0. The minimum atomic E-state index is -3.56.